The van der Waals surface area contributed by atoms with Crippen LogP contribution in [0.4, 0.5) is 19.0 Å². The molecule has 21 heavy (non-hydrogen) atoms. The van der Waals surface area contributed by atoms with Crippen molar-refractivity contribution in [3.05, 3.63) is 23.9 Å². The molecule has 114 valence electrons. The van der Waals surface area contributed by atoms with Gasteiger partial charge in [-0.1, -0.05) is 6.07 Å². The zero-order chi connectivity index (χ0) is 15.0. The molecule has 1 amide bonds. The maximum Gasteiger partial charge on any atom is 0.393 e. The Hall–Kier alpha value is -1.79. The summed E-state index contributed by atoms with van der Waals surface area (Å²) in [6.45, 7) is 1.74. The van der Waals surface area contributed by atoms with Gasteiger partial charge in [0, 0.05) is 38.3 Å². The average molecular weight is 299 g/mol. The molecule has 1 atom stereocenters. The summed E-state index contributed by atoms with van der Waals surface area (Å²) >= 11 is 0. The van der Waals surface area contributed by atoms with Crippen molar-refractivity contribution in [2.24, 2.45) is 5.92 Å². The van der Waals surface area contributed by atoms with Crippen molar-refractivity contribution in [3.8, 4) is 0 Å². The van der Waals surface area contributed by atoms with Crippen LogP contribution in [-0.2, 0) is 4.79 Å². The predicted octanol–water partition coefficient (Wildman–Crippen LogP) is 2.03. The summed E-state index contributed by atoms with van der Waals surface area (Å²) in [4.78, 5) is 18.2. The second-order valence-corrected chi connectivity index (χ2v) is 5.68. The zero-order valence-corrected chi connectivity index (χ0v) is 11.4. The fourth-order valence-electron chi connectivity index (χ4n) is 2.87. The maximum absolute atomic E-state index is 12.7. The van der Waals surface area contributed by atoms with Crippen LogP contribution in [0.1, 0.15) is 17.9 Å². The van der Waals surface area contributed by atoms with Gasteiger partial charge in [0.2, 0.25) is 6.41 Å². The molecule has 0 radical (unpaired) electrons. The summed E-state index contributed by atoms with van der Waals surface area (Å²) in [6, 6.07) is 3.67. The monoisotopic (exact) mass is 299 g/mol. The number of halogens is 3. The van der Waals surface area contributed by atoms with Crippen LogP contribution in [0.3, 0.4) is 0 Å². The van der Waals surface area contributed by atoms with Crippen LogP contribution < -0.4 is 4.90 Å². The lowest BCUT2D eigenvalue weighted by molar-refractivity contribution is -0.168. The number of amides is 1. The number of hydrogen-bond acceptors (Lipinski definition) is 3. The van der Waals surface area contributed by atoms with Gasteiger partial charge in [0.1, 0.15) is 5.82 Å². The van der Waals surface area contributed by atoms with Crippen molar-refractivity contribution in [3.63, 3.8) is 0 Å². The lowest BCUT2D eigenvalue weighted by Gasteiger charge is -2.36. The lowest BCUT2D eigenvalue weighted by Crippen LogP contribution is -2.43. The molecule has 3 rings (SSSR count). The van der Waals surface area contributed by atoms with E-state index in [9.17, 15) is 18.0 Å². The third-order valence-corrected chi connectivity index (χ3v) is 4.28. The highest BCUT2D eigenvalue weighted by molar-refractivity contribution is 5.50. The van der Waals surface area contributed by atoms with E-state index in [1.807, 2.05) is 6.07 Å². The molecule has 3 heterocycles. The standard InChI is InChI=1S/C14H16F3N3O/c15-14(16,17)12-3-4-20(8-12)13-2-1-10(5-18-13)11-6-19(7-11)9-21/h1-2,5,9,11-12H,3-4,6-8H2/t12-/m1/s1. The van der Waals surface area contributed by atoms with Crippen molar-refractivity contribution < 1.29 is 18.0 Å². The molecule has 0 spiro atoms. The summed E-state index contributed by atoms with van der Waals surface area (Å²) in [6.07, 6.45) is -1.47. The van der Waals surface area contributed by atoms with Crippen LogP contribution in [0.25, 0.3) is 0 Å². The first-order valence-electron chi connectivity index (χ1n) is 6.94. The lowest BCUT2D eigenvalue weighted by atomic mass is 9.93. The second-order valence-electron chi connectivity index (χ2n) is 5.68. The topological polar surface area (TPSA) is 36.4 Å². The first-order valence-corrected chi connectivity index (χ1v) is 6.94. The predicted molar refractivity (Wildman–Crippen MR) is 71.0 cm³/mol. The fourth-order valence-corrected chi connectivity index (χ4v) is 2.87. The summed E-state index contributed by atoms with van der Waals surface area (Å²) in [5.74, 6) is -0.373. The highest BCUT2D eigenvalue weighted by Crippen LogP contribution is 2.35. The maximum atomic E-state index is 12.7. The molecular weight excluding hydrogens is 283 g/mol. The van der Waals surface area contributed by atoms with Crippen LogP contribution in [0.2, 0.25) is 0 Å². The van der Waals surface area contributed by atoms with Crippen molar-refractivity contribution in [2.45, 2.75) is 18.5 Å². The number of hydrogen-bond donors (Lipinski definition) is 0. The number of alkyl halides is 3. The van der Waals surface area contributed by atoms with E-state index in [0.29, 0.717) is 31.4 Å². The molecule has 1 aromatic heterocycles. The van der Waals surface area contributed by atoms with Gasteiger partial charge in [-0.2, -0.15) is 13.2 Å². The van der Waals surface area contributed by atoms with Crippen LogP contribution in [0, 0.1) is 5.92 Å². The molecule has 2 fully saturated rings. The van der Waals surface area contributed by atoms with Gasteiger partial charge in [0.15, 0.2) is 0 Å². The molecule has 1 aromatic rings. The van der Waals surface area contributed by atoms with Gasteiger partial charge in [-0.15, -0.1) is 0 Å². The second kappa shape index (κ2) is 5.20. The van der Waals surface area contributed by atoms with Gasteiger partial charge in [-0.25, -0.2) is 4.98 Å². The van der Waals surface area contributed by atoms with Gasteiger partial charge < -0.3 is 9.80 Å². The van der Waals surface area contributed by atoms with Crippen LogP contribution in [0.15, 0.2) is 18.3 Å². The molecule has 4 nitrogen and oxygen atoms in total. The molecule has 0 saturated carbocycles. The minimum absolute atomic E-state index is 0.0157. The molecule has 0 N–H and O–H groups in total. The Kier molecular flexibility index (Phi) is 3.51. The Bertz CT molecular complexity index is 511. The minimum atomic E-state index is -4.13. The molecule has 2 aliphatic rings. The molecular formula is C14H16F3N3O. The van der Waals surface area contributed by atoms with Crippen LogP contribution >= 0.6 is 0 Å². The van der Waals surface area contributed by atoms with E-state index in [-0.39, 0.29) is 13.0 Å². The molecule has 0 aromatic carbocycles. The number of carbonyl (C=O) groups is 1. The normalized spacial score (nSPS) is 23.3. The zero-order valence-electron chi connectivity index (χ0n) is 11.4. The average Bonchev–Trinajstić information content (AvgIpc) is 2.88. The third kappa shape index (κ3) is 2.82. The van der Waals surface area contributed by atoms with Crippen molar-refractivity contribution in [1.82, 2.24) is 9.88 Å². The number of anilines is 1. The Balaban J connectivity index is 1.62. The van der Waals surface area contributed by atoms with Crippen molar-refractivity contribution >= 4 is 12.2 Å². The first kappa shape index (κ1) is 14.2. The molecule has 7 heteroatoms. The van der Waals surface area contributed by atoms with Crippen molar-refractivity contribution in [2.75, 3.05) is 31.1 Å². The third-order valence-electron chi connectivity index (χ3n) is 4.28. The Morgan fingerprint density at radius 1 is 1.24 bits per heavy atom. The smallest absolute Gasteiger partial charge is 0.356 e. The van der Waals surface area contributed by atoms with E-state index in [0.717, 1.165) is 12.0 Å². The molecule has 0 aliphatic carbocycles. The van der Waals surface area contributed by atoms with E-state index in [1.165, 1.54) is 0 Å². The van der Waals surface area contributed by atoms with Gasteiger partial charge in [0.25, 0.3) is 0 Å². The number of rotatable bonds is 3. The fraction of sp³-hybridized carbons (Fsp3) is 0.571. The molecule has 0 unspecified atom stereocenters. The van der Waals surface area contributed by atoms with E-state index in [2.05, 4.69) is 4.98 Å². The van der Waals surface area contributed by atoms with E-state index < -0.39 is 12.1 Å². The first-order chi connectivity index (χ1) is 9.97. The SMILES string of the molecule is O=CN1CC(c2ccc(N3CC[C@@H](C(F)(F)F)C3)nc2)C1. The Morgan fingerprint density at radius 2 is 2.00 bits per heavy atom. The van der Waals surface area contributed by atoms with Crippen LogP contribution in [0.5, 0.6) is 0 Å². The number of carbonyl (C=O) groups excluding carboxylic acids is 1. The minimum Gasteiger partial charge on any atom is -0.356 e. The quantitative estimate of drug-likeness (QED) is 0.801. The van der Waals surface area contributed by atoms with Gasteiger partial charge in [-0.05, 0) is 18.1 Å². The summed E-state index contributed by atoms with van der Waals surface area (Å²) in [5, 5.41) is 0. The van der Waals surface area contributed by atoms with Gasteiger partial charge >= 0.3 is 6.18 Å². The van der Waals surface area contributed by atoms with E-state index in [1.54, 1.807) is 22.1 Å². The number of likely N-dealkylation sites (tertiary alicyclic amines) is 1. The Labute approximate surface area is 120 Å². The van der Waals surface area contributed by atoms with Gasteiger partial charge in [-0.3, -0.25) is 4.79 Å². The highest BCUT2D eigenvalue weighted by atomic mass is 19.4. The summed E-state index contributed by atoms with van der Waals surface area (Å²) in [5.41, 5.74) is 1.03. The summed E-state index contributed by atoms with van der Waals surface area (Å²) < 4.78 is 38.0. The van der Waals surface area contributed by atoms with Crippen LogP contribution in [-0.4, -0.2) is 48.6 Å². The molecule has 2 aliphatic heterocycles. The summed E-state index contributed by atoms with van der Waals surface area (Å²) in [7, 11) is 0. The number of nitrogens with zero attached hydrogens (tertiary/aromatic N) is 3. The van der Waals surface area contributed by atoms with Gasteiger partial charge in [0.05, 0.1) is 5.92 Å². The molecule has 0 bridgehead atoms. The largest absolute Gasteiger partial charge is 0.393 e. The molecule has 2 saturated heterocycles. The van der Waals surface area contributed by atoms with E-state index in [4.69, 9.17) is 0 Å². The number of pyridine rings is 1. The van der Waals surface area contributed by atoms with E-state index >= 15 is 0 Å². The van der Waals surface area contributed by atoms with Crippen molar-refractivity contribution in [1.29, 1.82) is 0 Å². The Morgan fingerprint density at radius 3 is 2.52 bits per heavy atom. The highest BCUT2D eigenvalue weighted by Gasteiger charge is 2.43. The number of aromatic nitrogens is 1.